The van der Waals surface area contributed by atoms with E-state index in [1.807, 2.05) is 12.2 Å². The maximum atomic E-state index is 14.3. The number of ether oxygens (including phenoxy) is 1. The number of methoxy groups -OCH3 is 1. The molecule has 0 radical (unpaired) electrons. The monoisotopic (exact) mass is 731 g/mol. The minimum atomic E-state index is -0.811. The van der Waals surface area contributed by atoms with Gasteiger partial charge in [-0.15, -0.1) is 0 Å². The van der Waals surface area contributed by atoms with E-state index in [1.165, 1.54) is 38.5 Å². The fourth-order valence-corrected chi connectivity index (χ4v) is 12.5. The van der Waals surface area contributed by atoms with Gasteiger partial charge in [-0.3, -0.25) is 14.4 Å². The number of nitrogens with zero attached hydrogens (tertiary/aromatic N) is 2. The highest BCUT2D eigenvalue weighted by Gasteiger charge is 2.58. The largest absolute Gasteiger partial charge is 0.394 e. The van der Waals surface area contributed by atoms with Crippen LogP contribution in [0.3, 0.4) is 0 Å². The molecule has 0 aromatic rings. The number of nitrogens with one attached hydrogen (secondary N) is 2. The Labute approximate surface area is 314 Å². The number of carbonyl (C=O) groups excluding carboxylic acids is 2. The molecule has 1 aliphatic heterocycles. The molecule has 6 aliphatic carbocycles. The minimum Gasteiger partial charge on any atom is -0.394 e. The minimum absolute atomic E-state index is 0.000584. The van der Waals surface area contributed by atoms with E-state index in [1.54, 1.807) is 6.92 Å². The van der Waals surface area contributed by atoms with Gasteiger partial charge in [0.2, 0.25) is 11.8 Å². The summed E-state index contributed by atoms with van der Waals surface area (Å²) in [7, 11) is 6.07. The first kappa shape index (κ1) is 40.4. The van der Waals surface area contributed by atoms with E-state index in [4.69, 9.17) is 9.57 Å². The van der Waals surface area contributed by atoms with Crippen molar-refractivity contribution in [2.24, 2.45) is 58.7 Å². The zero-order valence-corrected chi connectivity index (χ0v) is 33.6. The zero-order valence-electron chi connectivity index (χ0n) is 33.6. The van der Waals surface area contributed by atoms with Gasteiger partial charge in [-0.25, -0.2) is 0 Å². The molecule has 52 heavy (non-hydrogen) atoms. The van der Waals surface area contributed by atoms with Crippen molar-refractivity contribution >= 4 is 11.8 Å². The standard InChI is InChI=1S/C42H74N4O6/c1-25-33-21-30(42(33,3)4)22-34(25)44-41(50)38-37(26(2)48)36(24-47)52-46(38)23-29-14-11-15-31(39(29)51-7)28-16-17-32(35(20-28)45(5)6)40(49)43-19-18-27-12-9-8-10-13-27/h25-39,47-48H,8-24H2,1-7H3,(H,43,49)(H,44,50)/t25-,26-,28?,29?,30+,31?,32?,33-,34-,35?,36-,37-,38-,39?/m0/s1. The van der Waals surface area contributed by atoms with Crippen molar-refractivity contribution in [1.82, 2.24) is 20.6 Å². The maximum Gasteiger partial charge on any atom is 0.240 e. The predicted molar refractivity (Wildman–Crippen MR) is 203 cm³/mol. The van der Waals surface area contributed by atoms with Crippen molar-refractivity contribution in [1.29, 1.82) is 0 Å². The normalized spacial score (nSPS) is 41.7. The van der Waals surface area contributed by atoms with Crippen LogP contribution in [0.2, 0.25) is 0 Å². The van der Waals surface area contributed by atoms with Crippen LogP contribution in [0.15, 0.2) is 0 Å². The first-order chi connectivity index (χ1) is 24.8. The molecular weight excluding hydrogens is 656 g/mol. The van der Waals surface area contributed by atoms with Crippen LogP contribution < -0.4 is 10.6 Å². The third kappa shape index (κ3) is 8.28. The summed E-state index contributed by atoms with van der Waals surface area (Å²) in [5, 5.41) is 29.9. The van der Waals surface area contributed by atoms with Crippen molar-refractivity contribution in [2.45, 2.75) is 154 Å². The summed E-state index contributed by atoms with van der Waals surface area (Å²) >= 11 is 0. The molecule has 0 aromatic carbocycles. The Morgan fingerprint density at radius 2 is 1.75 bits per heavy atom. The highest BCUT2D eigenvalue weighted by atomic mass is 16.7. The van der Waals surface area contributed by atoms with Crippen LogP contribution in [0.4, 0.5) is 0 Å². The lowest BCUT2D eigenvalue weighted by molar-refractivity contribution is -0.193. The molecule has 0 aromatic heterocycles. The van der Waals surface area contributed by atoms with Gasteiger partial charge in [0.05, 0.1) is 24.7 Å². The number of carbonyl (C=O) groups is 2. The van der Waals surface area contributed by atoms with Crippen molar-refractivity contribution < 1.29 is 29.4 Å². The quantitative estimate of drug-likeness (QED) is 0.209. The van der Waals surface area contributed by atoms with Gasteiger partial charge in [-0.2, -0.15) is 5.06 Å². The average molecular weight is 731 g/mol. The summed E-state index contributed by atoms with van der Waals surface area (Å²) in [6.45, 7) is 9.79. The van der Waals surface area contributed by atoms with E-state index >= 15 is 0 Å². The third-order valence-electron chi connectivity index (χ3n) is 15.8. The lowest BCUT2D eigenvalue weighted by atomic mass is 9.45. The summed E-state index contributed by atoms with van der Waals surface area (Å²) in [6.07, 6.45) is 14.6. The molecule has 7 rings (SSSR count). The number of aliphatic hydroxyl groups is 2. The number of hydrogen-bond donors (Lipinski definition) is 4. The predicted octanol–water partition coefficient (Wildman–Crippen LogP) is 5.01. The van der Waals surface area contributed by atoms with E-state index in [0.29, 0.717) is 41.5 Å². The van der Waals surface area contributed by atoms with Gasteiger partial charge in [0, 0.05) is 44.1 Å². The van der Waals surface area contributed by atoms with Gasteiger partial charge >= 0.3 is 0 Å². The van der Waals surface area contributed by atoms with Crippen LogP contribution >= 0.6 is 0 Å². The third-order valence-corrected chi connectivity index (χ3v) is 15.8. The van der Waals surface area contributed by atoms with E-state index in [9.17, 15) is 19.8 Å². The lowest BCUT2D eigenvalue weighted by Crippen LogP contribution is -2.62. The van der Waals surface area contributed by atoms with Crippen molar-refractivity contribution in [3.63, 3.8) is 0 Å². The summed E-state index contributed by atoms with van der Waals surface area (Å²) in [5.41, 5.74) is 0.326. The molecule has 6 saturated carbocycles. The summed E-state index contributed by atoms with van der Waals surface area (Å²) in [4.78, 5) is 36.5. The van der Waals surface area contributed by atoms with E-state index in [0.717, 1.165) is 63.8 Å². The molecule has 7 aliphatic rings. The van der Waals surface area contributed by atoms with Crippen LogP contribution in [0, 0.1) is 58.7 Å². The molecule has 10 nitrogen and oxygen atoms in total. The van der Waals surface area contributed by atoms with Crippen LogP contribution in [0.25, 0.3) is 0 Å². The van der Waals surface area contributed by atoms with Gasteiger partial charge < -0.3 is 30.5 Å². The highest BCUT2D eigenvalue weighted by molar-refractivity contribution is 5.83. The van der Waals surface area contributed by atoms with Crippen molar-refractivity contribution in [2.75, 3.05) is 40.9 Å². The molecule has 14 atom stereocenters. The van der Waals surface area contributed by atoms with E-state index in [-0.39, 0.29) is 48.4 Å². The molecule has 1 heterocycles. The molecule has 2 amide bonds. The number of amides is 2. The van der Waals surface area contributed by atoms with Crippen LogP contribution in [-0.2, 0) is 19.2 Å². The Morgan fingerprint density at radius 1 is 1.00 bits per heavy atom. The Balaban J connectivity index is 1.10. The number of rotatable bonds is 13. The first-order valence-electron chi connectivity index (χ1n) is 21.3. The molecule has 1 saturated heterocycles. The van der Waals surface area contributed by atoms with Crippen molar-refractivity contribution in [3.8, 4) is 0 Å². The Kier molecular flexibility index (Phi) is 13.4. The van der Waals surface area contributed by atoms with Gasteiger partial charge in [0.15, 0.2) is 0 Å². The SMILES string of the molecule is COC1C(CN2O[C@@H](CO)[C@H]([C@H](C)O)[C@H]2C(=O)N[C@H]2C[C@H]3C[C@@H]([C@@H]2C)C3(C)C)CCCC1C1CCC(C(=O)NCCC2CCCCC2)C(N(C)C)C1. The molecule has 6 unspecified atom stereocenters. The number of aliphatic hydroxyl groups excluding tert-OH is 2. The van der Waals surface area contributed by atoms with Crippen LogP contribution in [0.1, 0.15) is 118 Å². The molecule has 2 bridgehead atoms. The molecule has 10 heteroatoms. The summed E-state index contributed by atoms with van der Waals surface area (Å²) in [6, 6.07) is -0.380. The Bertz CT molecular complexity index is 1190. The second-order valence-electron chi connectivity index (χ2n) is 19.1. The maximum absolute atomic E-state index is 14.3. The zero-order chi connectivity index (χ0) is 37.3. The molecule has 298 valence electrons. The topological polar surface area (TPSA) is 124 Å². The van der Waals surface area contributed by atoms with Gasteiger partial charge in [0.25, 0.3) is 0 Å². The highest BCUT2D eigenvalue weighted by Crippen LogP contribution is 2.61. The molecule has 7 fully saturated rings. The second-order valence-corrected chi connectivity index (χ2v) is 19.1. The second kappa shape index (κ2) is 17.2. The number of hydrogen-bond acceptors (Lipinski definition) is 8. The Morgan fingerprint density at radius 3 is 2.38 bits per heavy atom. The Hall–Kier alpha value is -1.30. The lowest BCUT2D eigenvalue weighted by Gasteiger charge is -2.62. The van der Waals surface area contributed by atoms with Gasteiger partial charge in [0.1, 0.15) is 12.1 Å². The van der Waals surface area contributed by atoms with E-state index < -0.39 is 24.2 Å². The van der Waals surface area contributed by atoms with Gasteiger partial charge in [-0.1, -0.05) is 59.3 Å². The fourth-order valence-electron chi connectivity index (χ4n) is 12.5. The molecule has 0 spiro atoms. The van der Waals surface area contributed by atoms with Crippen LogP contribution in [0.5, 0.6) is 0 Å². The average Bonchev–Trinajstić information content (AvgIpc) is 3.50. The summed E-state index contributed by atoms with van der Waals surface area (Å²) in [5.74, 6) is 2.95. The first-order valence-corrected chi connectivity index (χ1v) is 21.3. The van der Waals surface area contributed by atoms with Crippen LogP contribution in [-0.4, -0.2) is 109 Å². The summed E-state index contributed by atoms with van der Waals surface area (Å²) < 4.78 is 6.38. The smallest absolute Gasteiger partial charge is 0.240 e. The number of fused-ring (bicyclic) bond motifs is 2. The fraction of sp³-hybridized carbons (Fsp3) is 0.952. The van der Waals surface area contributed by atoms with Crippen molar-refractivity contribution in [3.05, 3.63) is 0 Å². The van der Waals surface area contributed by atoms with Gasteiger partial charge in [-0.05, 0) is 113 Å². The molecule has 4 N–H and O–H groups in total. The number of hydroxylamine groups is 2. The molecular formula is C42H74N4O6. The van der Waals surface area contributed by atoms with E-state index in [2.05, 4.69) is 50.4 Å².